The fraction of sp³-hybridized carbons (Fsp3) is 0.333. The molecule has 1 amide bonds. The highest BCUT2D eigenvalue weighted by atomic mass is 35.5. The smallest absolute Gasteiger partial charge is 0.340 e. The lowest BCUT2D eigenvalue weighted by molar-refractivity contribution is -0.119. The van der Waals surface area contributed by atoms with Gasteiger partial charge in [0.05, 0.1) is 11.1 Å². The Bertz CT molecular complexity index is 886. The van der Waals surface area contributed by atoms with Crippen LogP contribution in [0, 0.1) is 17.2 Å². The molecule has 134 valence electrons. The van der Waals surface area contributed by atoms with E-state index in [1.807, 2.05) is 0 Å². The highest BCUT2D eigenvalue weighted by Crippen LogP contribution is 2.39. The lowest BCUT2D eigenvalue weighted by Gasteiger charge is -2.17. The number of carbonyl (C=O) groups excluding carboxylic acids is 2. The zero-order valence-electron chi connectivity index (χ0n) is 14.0. The summed E-state index contributed by atoms with van der Waals surface area (Å²) in [5, 5.41) is 12.9. The number of hydrogen-bond acceptors (Lipinski definition) is 6. The summed E-state index contributed by atoms with van der Waals surface area (Å²) >= 11 is 7.09. The number of thiophene rings is 1. The maximum absolute atomic E-state index is 12.1. The van der Waals surface area contributed by atoms with E-state index in [0.717, 1.165) is 29.7 Å². The monoisotopic (exact) mass is 389 g/mol. The van der Waals surface area contributed by atoms with E-state index in [0.29, 0.717) is 16.5 Å². The van der Waals surface area contributed by atoms with Gasteiger partial charge in [-0.15, -0.1) is 11.3 Å². The molecule has 0 bridgehead atoms. The molecule has 0 spiro atoms. The van der Waals surface area contributed by atoms with Crippen molar-refractivity contribution in [3.8, 4) is 6.07 Å². The van der Waals surface area contributed by atoms with Gasteiger partial charge in [-0.3, -0.25) is 4.79 Å². The normalized spacial score (nSPS) is 15.7. The van der Waals surface area contributed by atoms with Crippen LogP contribution >= 0.6 is 22.9 Å². The average molecular weight is 390 g/mol. The average Bonchev–Trinajstić information content (AvgIpc) is 2.96. The Morgan fingerprint density at radius 2 is 2.31 bits per heavy atom. The van der Waals surface area contributed by atoms with Crippen LogP contribution in [-0.4, -0.2) is 23.5 Å². The van der Waals surface area contributed by atoms with E-state index in [1.165, 1.54) is 29.7 Å². The number of nitrogens with one attached hydrogen (secondary N) is 1. The predicted molar refractivity (Wildman–Crippen MR) is 98.4 cm³/mol. The molecule has 1 atom stereocenters. The molecule has 1 N–H and O–H groups in total. The van der Waals surface area contributed by atoms with E-state index < -0.39 is 18.5 Å². The molecule has 0 fully saturated rings. The van der Waals surface area contributed by atoms with Gasteiger partial charge < -0.3 is 10.1 Å². The molecule has 0 aromatic carbocycles. The third-order valence-electron chi connectivity index (χ3n) is 4.17. The number of aromatic nitrogens is 1. The molecule has 8 heteroatoms. The number of amides is 1. The minimum Gasteiger partial charge on any atom is -0.452 e. The molecular weight excluding hydrogens is 374 g/mol. The Morgan fingerprint density at radius 1 is 1.50 bits per heavy atom. The first-order valence-electron chi connectivity index (χ1n) is 8.11. The van der Waals surface area contributed by atoms with Gasteiger partial charge in [0.2, 0.25) is 0 Å². The molecule has 0 saturated heterocycles. The third kappa shape index (κ3) is 4.03. The first-order valence-corrected chi connectivity index (χ1v) is 9.30. The molecular formula is C18H16ClN3O3S. The van der Waals surface area contributed by atoms with Crippen molar-refractivity contribution < 1.29 is 14.3 Å². The number of hydrogen-bond donors (Lipinski definition) is 1. The van der Waals surface area contributed by atoms with Crippen molar-refractivity contribution in [2.45, 2.75) is 26.2 Å². The number of ether oxygens (including phenoxy) is 1. The van der Waals surface area contributed by atoms with E-state index >= 15 is 0 Å². The molecule has 0 aliphatic heterocycles. The Morgan fingerprint density at radius 3 is 3.00 bits per heavy atom. The Hall–Kier alpha value is -2.43. The van der Waals surface area contributed by atoms with Crippen LogP contribution in [0.2, 0.25) is 5.15 Å². The van der Waals surface area contributed by atoms with Gasteiger partial charge in [0.1, 0.15) is 16.2 Å². The summed E-state index contributed by atoms with van der Waals surface area (Å²) in [7, 11) is 0. The third-order valence-corrected chi connectivity index (χ3v) is 5.57. The maximum Gasteiger partial charge on any atom is 0.340 e. The largest absolute Gasteiger partial charge is 0.452 e. The number of nitriles is 1. The van der Waals surface area contributed by atoms with Gasteiger partial charge in [-0.05, 0) is 42.9 Å². The second-order valence-corrected chi connectivity index (χ2v) is 7.65. The Kier molecular flexibility index (Phi) is 5.55. The second kappa shape index (κ2) is 7.85. The molecule has 2 aromatic rings. The molecule has 2 aromatic heterocycles. The highest BCUT2D eigenvalue weighted by molar-refractivity contribution is 7.16. The van der Waals surface area contributed by atoms with Crippen LogP contribution in [0.25, 0.3) is 0 Å². The van der Waals surface area contributed by atoms with Gasteiger partial charge in [-0.1, -0.05) is 18.5 Å². The lowest BCUT2D eigenvalue weighted by atomic mass is 9.89. The van der Waals surface area contributed by atoms with Gasteiger partial charge in [-0.25, -0.2) is 9.78 Å². The van der Waals surface area contributed by atoms with Crippen LogP contribution in [-0.2, 0) is 22.4 Å². The van der Waals surface area contributed by atoms with Crippen molar-refractivity contribution in [1.82, 2.24) is 4.98 Å². The number of fused-ring (bicyclic) bond motifs is 1. The van der Waals surface area contributed by atoms with E-state index in [1.54, 1.807) is 0 Å². The van der Waals surface area contributed by atoms with Crippen molar-refractivity contribution in [3.05, 3.63) is 45.1 Å². The summed E-state index contributed by atoms with van der Waals surface area (Å²) in [4.78, 5) is 29.0. The molecule has 26 heavy (non-hydrogen) atoms. The zero-order chi connectivity index (χ0) is 18.7. The second-order valence-electron chi connectivity index (χ2n) is 6.16. The van der Waals surface area contributed by atoms with Crippen molar-refractivity contribution >= 4 is 39.8 Å². The summed E-state index contributed by atoms with van der Waals surface area (Å²) in [5.74, 6) is -0.572. The lowest BCUT2D eigenvalue weighted by Crippen LogP contribution is -2.21. The Balaban J connectivity index is 1.63. The molecule has 0 saturated carbocycles. The number of halogens is 1. The zero-order valence-corrected chi connectivity index (χ0v) is 15.6. The quantitative estimate of drug-likeness (QED) is 0.637. The summed E-state index contributed by atoms with van der Waals surface area (Å²) in [6, 6.07) is 5.12. The summed E-state index contributed by atoms with van der Waals surface area (Å²) in [6.45, 7) is 1.74. The van der Waals surface area contributed by atoms with Gasteiger partial charge in [-0.2, -0.15) is 5.26 Å². The van der Waals surface area contributed by atoms with Gasteiger partial charge >= 0.3 is 5.97 Å². The van der Waals surface area contributed by atoms with Crippen molar-refractivity contribution in [2.75, 3.05) is 11.9 Å². The molecule has 0 unspecified atom stereocenters. The number of pyridine rings is 1. The van der Waals surface area contributed by atoms with Crippen LogP contribution < -0.4 is 5.32 Å². The number of carbonyl (C=O) groups is 2. The Labute approximate surface area is 159 Å². The van der Waals surface area contributed by atoms with Crippen LogP contribution in [0.3, 0.4) is 0 Å². The van der Waals surface area contributed by atoms with Crippen molar-refractivity contribution in [3.63, 3.8) is 0 Å². The topological polar surface area (TPSA) is 92.1 Å². The molecule has 3 rings (SSSR count). The molecule has 2 heterocycles. The summed E-state index contributed by atoms with van der Waals surface area (Å²) in [5.41, 5.74) is 1.77. The van der Waals surface area contributed by atoms with Crippen LogP contribution in [0.4, 0.5) is 5.00 Å². The van der Waals surface area contributed by atoms with Gasteiger partial charge in [0, 0.05) is 11.1 Å². The van der Waals surface area contributed by atoms with Gasteiger partial charge in [0.25, 0.3) is 5.91 Å². The summed E-state index contributed by atoms with van der Waals surface area (Å²) in [6.07, 6.45) is 4.09. The van der Waals surface area contributed by atoms with Crippen LogP contribution in [0.15, 0.2) is 18.3 Å². The molecule has 1 aliphatic carbocycles. The van der Waals surface area contributed by atoms with Crippen molar-refractivity contribution in [1.29, 1.82) is 5.26 Å². The van der Waals surface area contributed by atoms with E-state index in [9.17, 15) is 14.9 Å². The predicted octanol–water partition coefficient (Wildman–Crippen LogP) is 3.59. The van der Waals surface area contributed by atoms with E-state index in [-0.39, 0.29) is 10.7 Å². The minimum atomic E-state index is -0.663. The number of rotatable bonds is 4. The summed E-state index contributed by atoms with van der Waals surface area (Å²) < 4.78 is 4.98. The SMILES string of the molecule is C[C@@H]1CCc2c(sc(NC(=O)COC(=O)c3ccc(Cl)nc3)c2C#N)C1. The number of esters is 1. The number of nitrogens with zero attached hydrogens (tertiary/aromatic N) is 2. The minimum absolute atomic E-state index is 0.209. The highest BCUT2D eigenvalue weighted by Gasteiger charge is 2.24. The molecule has 0 radical (unpaired) electrons. The molecule has 1 aliphatic rings. The number of anilines is 1. The fourth-order valence-electron chi connectivity index (χ4n) is 2.83. The van der Waals surface area contributed by atoms with Crippen molar-refractivity contribution in [2.24, 2.45) is 5.92 Å². The maximum atomic E-state index is 12.1. The van der Waals surface area contributed by atoms with Crippen LogP contribution in [0.1, 0.15) is 39.7 Å². The van der Waals surface area contributed by atoms with Crippen LogP contribution in [0.5, 0.6) is 0 Å². The first kappa shape index (κ1) is 18.4. The van der Waals surface area contributed by atoms with E-state index in [2.05, 4.69) is 23.3 Å². The van der Waals surface area contributed by atoms with E-state index in [4.69, 9.17) is 16.3 Å². The fourth-order valence-corrected chi connectivity index (χ4v) is 4.32. The molecule has 6 nitrogen and oxygen atoms in total. The van der Waals surface area contributed by atoms with Gasteiger partial charge in [0.15, 0.2) is 6.61 Å². The standard InChI is InChI=1S/C18H16ClN3O3S/c1-10-2-4-12-13(7-20)17(26-14(12)6-10)22-16(23)9-25-18(24)11-3-5-15(19)21-8-11/h3,5,8,10H,2,4,6,9H2,1H3,(H,22,23)/t10-/m1/s1. The first-order chi connectivity index (χ1) is 12.5.